The zero-order chi connectivity index (χ0) is 14.9. The molecule has 0 atom stereocenters. The molecule has 0 fully saturated rings. The van der Waals surface area contributed by atoms with Crippen LogP contribution in [0.1, 0.15) is 35.1 Å². The predicted molar refractivity (Wildman–Crippen MR) is 75.1 cm³/mol. The van der Waals surface area contributed by atoms with Gasteiger partial charge in [0.25, 0.3) is 0 Å². The van der Waals surface area contributed by atoms with Crippen LogP contribution >= 0.6 is 11.3 Å². The summed E-state index contributed by atoms with van der Waals surface area (Å²) in [5, 5.41) is 9.68. The molecule has 1 N–H and O–H groups in total. The number of aromatic carboxylic acids is 1. The molecule has 0 spiro atoms. The van der Waals surface area contributed by atoms with Crippen molar-refractivity contribution >= 4 is 17.3 Å². The van der Waals surface area contributed by atoms with Gasteiger partial charge in [0, 0.05) is 5.56 Å². The van der Waals surface area contributed by atoms with E-state index in [-0.39, 0.29) is 16.5 Å². The van der Waals surface area contributed by atoms with E-state index >= 15 is 0 Å². The van der Waals surface area contributed by atoms with Crippen LogP contribution in [0.15, 0.2) is 18.2 Å². The first kappa shape index (κ1) is 14.5. The van der Waals surface area contributed by atoms with Crippen LogP contribution in [-0.2, 0) is 0 Å². The molecule has 0 aliphatic rings. The minimum Gasteiger partial charge on any atom is -0.494 e. The van der Waals surface area contributed by atoms with E-state index in [0.717, 1.165) is 11.3 Å². The zero-order valence-corrected chi connectivity index (χ0v) is 12.1. The number of hydrogen-bond donors (Lipinski definition) is 1. The fraction of sp³-hybridized carbons (Fsp3) is 0.286. The molecule has 106 valence electrons. The van der Waals surface area contributed by atoms with Gasteiger partial charge in [0.1, 0.15) is 9.88 Å². The molecular formula is C14H14FNO3S. The molecule has 0 bridgehead atoms. The molecule has 2 aromatic rings. The molecule has 0 saturated carbocycles. The van der Waals surface area contributed by atoms with Crippen molar-refractivity contribution in [3.63, 3.8) is 0 Å². The van der Waals surface area contributed by atoms with Gasteiger partial charge in [-0.2, -0.15) is 0 Å². The number of thiazole rings is 1. The number of halogens is 1. The van der Waals surface area contributed by atoms with Gasteiger partial charge in [-0.3, -0.25) is 0 Å². The number of nitrogens with zero attached hydrogens (tertiary/aromatic N) is 1. The summed E-state index contributed by atoms with van der Waals surface area (Å²) in [4.78, 5) is 15.7. The first-order chi connectivity index (χ1) is 9.43. The average Bonchev–Trinajstić information content (AvgIpc) is 2.84. The standard InChI is InChI=1S/C14H14FNO3S/c1-7(2)11-12(14(17)18)20-13(16-11)8-4-5-10(19-3)9(15)6-8/h4-7H,1-3H3,(H,17,18). The summed E-state index contributed by atoms with van der Waals surface area (Å²) in [7, 11) is 1.39. The van der Waals surface area contributed by atoms with Gasteiger partial charge in [-0.05, 0) is 24.1 Å². The normalized spacial score (nSPS) is 10.8. The zero-order valence-electron chi connectivity index (χ0n) is 11.3. The molecule has 4 nitrogen and oxygen atoms in total. The van der Waals surface area contributed by atoms with Crippen molar-refractivity contribution in [3.05, 3.63) is 34.6 Å². The van der Waals surface area contributed by atoms with Crippen molar-refractivity contribution in [1.82, 2.24) is 4.98 Å². The summed E-state index contributed by atoms with van der Waals surface area (Å²) < 4.78 is 18.6. The summed E-state index contributed by atoms with van der Waals surface area (Å²) in [5.41, 5.74) is 1.07. The molecule has 1 aromatic carbocycles. The number of benzene rings is 1. The Morgan fingerprint density at radius 1 is 1.45 bits per heavy atom. The molecule has 0 aliphatic carbocycles. The Bertz CT molecular complexity index is 652. The molecule has 1 heterocycles. The van der Waals surface area contributed by atoms with Crippen LogP contribution in [0.4, 0.5) is 4.39 Å². The van der Waals surface area contributed by atoms with Gasteiger partial charge in [-0.25, -0.2) is 14.2 Å². The molecule has 0 unspecified atom stereocenters. The van der Waals surface area contributed by atoms with Crippen LogP contribution in [0, 0.1) is 5.82 Å². The second-order valence-electron chi connectivity index (χ2n) is 4.54. The van der Waals surface area contributed by atoms with E-state index in [2.05, 4.69) is 4.98 Å². The Morgan fingerprint density at radius 2 is 2.15 bits per heavy atom. The number of hydrogen-bond acceptors (Lipinski definition) is 4. The Labute approximate surface area is 119 Å². The molecular weight excluding hydrogens is 281 g/mol. The molecule has 0 radical (unpaired) electrons. The number of carbonyl (C=O) groups is 1. The highest BCUT2D eigenvalue weighted by molar-refractivity contribution is 7.17. The number of ether oxygens (including phenoxy) is 1. The maximum absolute atomic E-state index is 13.7. The van der Waals surface area contributed by atoms with Crippen LogP contribution in [0.2, 0.25) is 0 Å². The Hall–Kier alpha value is -1.95. The maximum atomic E-state index is 13.7. The third-order valence-corrected chi connectivity index (χ3v) is 3.90. The largest absolute Gasteiger partial charge is 0.494 e. The molecule has 0 aliphatic heterocycles. The van der Waals surface area contributed by atoms with E-state index in [0.29, 0.717) is 16.3 Å². The molecule has 0 amide bonds. The van der Waals surface area contributed by atoms with Crippen LogP contribution in [0.5, 0.6) is 5.75 Å². The Kier molecular flexibility index (Phi) is 4.04. The number of carboxylic acids is 1. The smallest absolute Gasteiger partial charge is 0.347 e. The summed E-state index contributed by atoms with van der Waals surface area (Å²) >= 11 is 1.05. The Morgan fingerprint density at radius 3 is 2.60 bits per heavy atom. The first-order valence-electron chi connectivity index (χ1n) is 6.02. The maximum Gasteiger partial charge on any atom is 0.347 e. The fourth-order valence-corrected chi connectivity index (χ4v) is 2.85. The third kappa shape index (κ3) is 2.65. The monoisotopic (exact) mass is 295 g/mol. The van der Waals surface area contributed by atoms with Crippen molar-refractivity contribution < 1.29 is 19.0 Å². The van der Waals surface area contributed by atoms with E-state index in [9.17, 15) is 14.3 Å². The van der Waals surface area contributed by atoms with Gasteiger partial charge < -0.3 is 9.84 Å². The minimum atomic E-state index is -1.01. The van der Waals surface area contributed by atoms with Crippen molar-refractivity contribution in [2.24, 2.45) is 0 Å². The van der Waals surface area contributed by atoms with Crippen LogP contribution in [0.3, 0.4) is 0 Å². The predicted octanol–water partition coefficient (Wildman–Crippen LogP) is 3.78. The minimum absolute atomic E-state index is 0.00537. The highest BCUT2D eigenvalue weighted by Crippen LogP contribution is 2.33. The van der Waals surface area contributed by atoms with Crippen LogP contribution in [0.25, 0.3) is 10.6 Å². The molecule has 20 heavy (non-hydrogen) atoms. The SMILES string of the molecule is COc1ccc(-c2nc(C(C)C)c(C(=O)O)s2)cc1F. The topological polar surface area (TPSA) is 59.4 Å². The van der Waals surface area contributed by atoms with E-state index in [1.807, 2.05) is 13.8 Å². The highest BCUT2D eigenvalue weighted by Gasteiger charge is 2.20. The lowest BCUT2D eigenvalue weighted by molar-refractivity contribution is 0.0700. The second kappa shape index (κ2) is 5.58. The van der Waals surface area contributed by atoms with Gasteiger partial charge in [0.2, 0.25) is 0 Å². The lowest BCUT2D eigenvalue weighted by Gasteiger charge is -2.03. The number of methoxy groups -OCH3 is 1. The number of aromatic nitrogens is 1. The van der Waals surface area contributed by atoms with E-state index in [4.69, 9.17) is 4.74 Å². The van der Waals surface area contributed by atoms with Crippen molar-refractivity contribution in [2.75, 3.05) is 7.11 Å². The van der Waals surface area contributed by atoms with Gasteiger partial charge >= 0.3 is 5.97 Å². The van der Waals surface area contributed by atoms with E-state index in [1.165, 1.54) is 19.2 Å². The average molecular weight is 295 g/mol. The molecule has 2 rings (SSSR count). The lowest BCUT2D eigenvalue weighted by atomic mass is 10.1. The summed E-state index contributed by atoms with van der Waals surface area (Å²) in [6, 6.07) is 4.46. The van der Waals surface area contributed by atoms with Gasteiger partial charge in [0.15, 0.2) is 11.6 Å². The number of carboxylic acid groups (broad SMARTS) is 1. The molecule has 0 saturated heterocycles. The van der Waals surface area contributed by atoms with Crippen molar-refractivity contribution in [1.29, 1.82) is 0 Å². The van der Waals surface area contributed by atoms with Gasteiger partial charge in [0.05, 0.1) is 12.8 Å². The van der Waals surface area contributed by atoms with E-state index < -0.39 is 11.8 Å². The summed E-state index contributed by atoms with van der Waals surface area (Å²) in [6.45, 7) is 3.75. The van der Waals surface area contributed by atoms with E-state index in [1.54, 1.807) is 6.07 Å². The second-order valence-corrected chi connectivity index (χ2v) is 5.54. The van der Waals surface area contributed by atoms with Crippen molar-refractivity contribution in [2.45, 2.75) is 19.8 Å². The fourth-order valence-electron chi connectivity index (χ4n) is 1.80. The quantitative estimate of drug-likeness (QED) is 0.932. The van der Waals surface area contributed by atoms with Crippen LogP contribution in [-0.4, -0.2) is 23.2 Å². The van der Waals surface area contributed by atoms with Gasteiger partial charge in [-0.1, -0.05) is 13.8 Å². The Balaban J connectivity index is 2.50. The lowest BCUT2D eigenvalue weighted by Crippen LogP contribution is -2.00. The summed E-state index contributed by atoms with van der Waals surface area (Å²) in [6.07, 6.45) is 0. The van der Waals surface area contributed by atoms with Gasteiger partial charge in [-0.15, -0.1) is 11.3 Å². The highest BCUT2D eigenvalue weighted by atomic mass is 32.1. The molecule has 6 heteroatoms. The number of rotatable bonds is 4. The van der Waals surface area contributed by atoms with Crippen molar-refractivity contribution in [3.8, 4) is 16.3 Å². The first-order valence-corrected chi connectivity index (χ1v) is 6.83. The summed E-state index contributed by atoms with van der Waals surface area (Å²) in [5.74, 6) is -1.36. The molecule has 1 aromatic heterocycles. The van der Waals surface area contributed by atoms with Crippen LogP contribution < -0.4 is 4.74 Å². The third-order valence-electron chi connectivity index (χ3n) is 2.79.